The van der Waals surface area contributed by atoms with Crippen LogP contribution in [0.25, 0.3) is 0 Å². The number of nitrogens with zero attached hydrogens (tertiary/aromatic N) is 2. The van der Waals surface area contributed by atoms with Gasteiger partial charge >= 0.3 is 0 Å². The van der Waals surface area contributed by atoms with E-state index in [1.807, 2.05) is 36.1 Å². The first-order valence-electron chi connectivity index (χ1n) is 9.05. The van der Waals surface area contributed by atoms with Crippen molar-refractivity contribution in [1.82, 2.24) is 4.90 Å². The fraction of sp³-hybridized carbons (Fsp3) is 0.579. The van der Waals surface area contributed by atoms with E-state index in [0.717, 1.165) is 37.4 Å². The van der Waals surface area contributed by atoms with E-state index in [9.17, 15) is 9.59 Å². The highest BCUT2D eigenvalue weighted by molar-refractivity contribution is 6.00. The number of amides is 2. The van der Waals surface area contributed by atoms with Gasteiger partial charge in [-0.2, -0.15) is 0 Å². The zero-order chi connectivity index (χ0) is 16.9. The van der Waals surface area contributed by atoms with E-state index in [1.54, 1.807) is 4.90 Å². The maximum atomic E-state index is 12.6. The predicted molar refractivity (Wildman–Crippen MR) is 93.2 cm³/mol. The molecule has 1 aromatic rings. The Morgan fingerprint density at radius 2 is 1.88 bits per heavy atom. The van der Waals surface area contributed by atoms with Crippen LogP contribution in [0.3, 0.4) is 0 Å². The number of likely N-dealkylation sites (tertiary alicyclic amines) is 1. The molecule has 2 aliphatic heterocycles. The summed E-state index contributed by atoms with van der Waals surface area (Å²) in [5, 5.41) is 0. The van der Waals surface area contributed by atoms with Gasteiger partial charge in [-0.25, -0.2) is 0 Å². The maximum Gasteiger partial charge on any atom is 0.268 e. The Labute approximate surface area is 143 Å². The normalized spacial score (nSPS) is 21.0. The molecule has 0 radical (unpaired) electrons. The fourth-order valence-electron chi connectivity index (χ4n) is 3.45. The molecule has 1 atom stereocenters. The van der Waals surface area contributed by atoms with Gasteiger partial charge in [-0.3, -0.25) is 9.59 Å². The number of para-hydroxylation sites is 2. The summed E-state index contributed by atoms with van der Waals surface area (Å²) in [4.78, 5) is 28.8. The number of fused-ring (bicyclic) bond motifs is 1. The smallest absolute Gasteiger partial charge is 0.268 e. The van der Waals surface area contributed by atoms with E-state index in [4.69, 9.17) is 4.74 Å². The van der Waals surface area contributed by atoms with Crippen LogP contribution in [0.2, 0.25) is 0 Å². The highest BCUT2D eigenvalue weighted by Gasteiger charge is 2.33. The zero-order valence-electron chi connectivity index (χ0n) is 14.4. The molecule has 5 nitrogen and oxygen atoms in total. The molecule has 1 unspecified atom stereocenters. The molecule has 2 heterocycles. The highest BCUT2D eigenvalue weighted by Crippen LogP contribution is 2.34. The summed E-state index contributed by atoms with van der Waals surface area (Å²) in [6.07, 6.45) is 5.13. The van der Waals surface area contributed by atoms with Gasteiger partial charge in [0.25, 0.3) is 5.91 Å². The first kappa shape index (κ1) is 16.8. The number of hydrogen-bond acceptors (Lipinski definition) is 3. The SMILES string of the molecule is CCC1Oc2ccccc2N(CCC(=O)N2CCCCCC2)C1=O. The minimum Gasteiger partial charge on any atom is -0.478 e. The monoisotopic (exact) mass is 330 g/mol. The summed E-state index contributed by atoms with van der Waals surface area (Å²) in [5.41, 5.74) is 0.774. The first-order chi connectivity index (χ1) is 11.7. The summed E-state index contributed by atoms with van der Waals surface area (Å²) < 4.78 is 5.78. The quantitative estimate of drug-likeness (QED) is 0.853. The van der Waals surface area contributed by atoms with E-state index in [-0.39, 0.29) is 11.8 Å². The summed E-state index contributed by atoms with van der Waals surface area (Å²) >= 11 is 0. The third-order valence-corrected chi connectivity index (χ3v) is 4.85. The molecule has 3 rings (SSSR count). The molecule has 1 aromatic carbocycles. The number of ether oxygens (including phenoxy) is 1. The van der Waals surface area contributed by atoms with Crippen molar-refractivity contribution in [2.45, 2.75) is 51.6 Å². The van der Waals surface area contributed by atoms with Crippen molar-refractivity contribution in [1.29, 1.82) is 0 Å². The maximum absolute atomic E-state index is 12.6. The second kappa shape index (κ2) is 7.69. The Balaban J connectivity index is 1.68. The largest absolute Gasteiger partial charge is 0.478 e. The van der Waals surface area contributed by atoms with E-state index in [0.29, 0.717) is 19.4 Å². The van der Waals surface area contributed by atoms with Gasteiger partial charge in [-0.15, -0.1) is 0 Å². The molecule has 1 saturated heterocycles. The van der Waals surface area contributed by atoms with Crippen LogP contribution in [0, 0.1) is 0 Å². The molecule has 2 amide bonds. The summed E-state index contributed by atoms with van der Waals surface area (Å²) in [7, 11) is 0. The Hall–Kier alpha value is -2.04. The summed E-state index contributed by atoms with van der Waals surface area (Å²) in [6.45, 7) is 4.07. The number of anilines is 1. The molecule has 130 valence electrons. The van der Waals surface area contributed by atoms with Gasteiger partial charge in [-0.05, 0) is 31.4 Å². The van der Waals surface area contributed by atoms with Crippen molar-refractivity contribution in [3.05, 3.63) is 24.3 Å². The molecule has 0 saturated carbocycles. The van der Waals surface area contributed by atoms with Crippen LogP contribution in [0.1, 0.15) is 45.4 Å². The van der Waals surface area contributed by atoms with Gasteiger partial charge in [0, 0.05) is 26.1 Å². The Kier molecular flexibility index (Phi) is 5.38. The van der Waals surface area contributed by atoms with Crippen LogP contribution in [0.4, 0.5) is 5.69 Å². The van der Waals surface area contributed by atoms with Crippen LogP contribution in [-0.2, 0) is 9.59 Å². The predicted octanol–water partition coefficient (Wildman–Crippen LogP) is 2.98. The molecule has 0 spiro atoms. The van der Waals surface area contributed by atoms with Gasteiger partial charge in [0.05, 0.1) is 5.69 Å². The van der Waals surface area contributed by atoms with Crippen molar-refractivity contribution in [2.24, 2.45) is 0 Å². The van der Waals surface area contributed by atoms with Crippen molar-refractivity contribution in [3.63, 3.8) is 0 Å². The topological polar surface area (TPSA) is 49.9 Å². The summed E-state index contributed by atoms with van der Waals surface area (Å²) in [6, 6.07) is 7.57. The number of carbonyl (C=O) groups excluding carboxylic acids is 2. The summed E-state index contributed by atoms with van der Waals surface area (Å²) in [5.74, 6) is 0.841. The zero-order valence-corrected chi connectivity index (χ0v) is 14.4. The molecular formula is C19H26N2O3. The van der Waals surface area contributed by atoms with E-state index in [1.165, 1.54) is 12.8 Å². The average Bonchev–Trinajstić information content (AvgIpc) is 2.89. The third-order valence-electron chi connectivity index (χ3n) is 4.85. The number of carbonyl (C=O) groups is 2. The fourth-order valence-corrected chi connectivity index (χ4v) is 3.45. The van der Waals surface area contributed by atoms with E-state index < -0.39 is 6.10 Å². The Morgan fingerprint density at radius 3 is 2.58 bits per heavy atom. The molecule has 2 aliphatic rings. The first-order valence-corrected chi connectivity index (χ1v) is 9.05. The van der Waals surface area contributed by atoms with Gasteiger partial charge in [0.15, 0.2) is 6.10 Å². The minimum absolute atomic E-state index is 0.0418. The second-order valence-corrected chi connectivity index (χ2v) is 6.52. The highest BCUT2D eigenvalue weighted by atomic mass is 16.5. The second-order valence-electron chi connectivity index (χ2n) is 6.52. The molecule has 0 aromatic heterocycles. The van der Waals surface area contributed by atoms with E-state index >= 15 is 0 Å². The van der Waals surface area contributed by atoms with Crippen molar-refractivity contribution in [3.8, 4) is 5.75 Å². The molecule has 0 bridgehead atoms. The van der Waals surface area contributed by atoms with Crippen molar-refractivity contribution in [2.75, 3.05) is 24.5 Å². The van der Waals surface area contributed by atoms with Crippen LogP contribution in [0.5, 0.6) is 5.75 Å². The van der Waals surface area contributed by atoms with Gasteiger partial charge in [-0.1, -0.05) is 31.9 Å². The van der Waals surface area contributed by atoms with Crippen molar-refractivity contribution >= 4 is 17.5 Å². The van der Waals surface area contributed by atoms with Gasteiger partial charge in [0.1, 0.15) is 5.75 Å². The standard InChI is InChI=1S/C19H26N2O3/c1-2-16-19(23)21(15-9-5-6-10-17(15)24-16)14-11-18(22)20-12-7-3-4-8-13-20/h5-6,9-10,16H,2-4,7-8,11-14H2,1H3. The Morgan fingerprint density at radius 1 is 1.17 bits per heavy atom. The van der Waals surface area contributed by atoms with E-state index in [2.05, 4.69) is 0 Å². The number of hydrogen-bond donors (Lipinski definition) is 0. The lowest BCUT2D eigenvalue weighted by atomic mass is 10.1. The van der Waals surface area contributed by atoms with Crippen LogP contribution in [0.15, 0.2) is 24.3 Å². The Bertz CT molecular complexity index is 594. The minimum atomic E-state index is -0.451. The van der Waals surface area contributed by atoms with Gasteiger partial charge in [0.2, 0.25) is 5.91 Å². The van der Waals surface area contributed by atoms with Crippen molar-refractivity contribution < 1.29 is 14.3 Å². The third kappa shape index (κ3) is 3.55. The molecule has 1 fully saturated rings. The lowest BCUT2D eigenvalue weighted by Crippen LogP contribution is -2.47. The van der Waals surface area contributed by atoms with Gasteiger partial charge < -0.3 is 14.5 Å². The average molecular weight is 330 g/mol. The number of benzene rings is 1. The van der Waals surface area contributed by atoms with Crippen LogP contribution in [-0.4, -0.2) is 42.5 Å². The number of rotatable bonds is 4. The van der Waals surface area contributed by atoms with Crippen LogP contribution < -0.4 is 9.64 Å². The molecule has 0 N–H and O–H groups in total. The van der Waals surface area contributed by atoms with Crippen LogP contribution >= 0.6 is 0 Å². The molecule has 24 heavy (non-hydrogen) atoms. The molecule has 0 aliphatic carbocycles. The molecular weight excluding hydrogens is 304 g/mol. The lowest BCUT2D eigenvalue weighted by molar-refractivity contribution is -0.131. The lowest BCUT2D eigenvalue weighted by Gasteiger charge is -2.34. The molecule has 5 heteroatoms.